The van der Waals surface area contributed by atoms with Gasteiger partial charge in [-0.3, -0.25) is 4.79 Å². The molecular weight excluding hydrogens is 388 g/mol. The van der Waals surface area contributed by atoms with Crippen LogP contribution in [0.1, 0.15) is 62.9 Å². The Morgan fingerprint density at radius 1 is 1.26 bits per heavy atom. The number of likely N-dealkylation sites (tertiary alicyclic amines) is 1. The largest absolute Gasteiger partial charge is 0.496 e. The number of ether oxygens (including phenoxy) is 1. The van der Waals surface area contributed by atoms with E-state index in [1.54, 1.807) is 25.4 Å². The van der Waals surface area contributed by atoms with Gasteiger partial charge < -0.3 is 15.0 Å². The SMILES string of the molecule is COc1ccccc1C(=O)Nc1ccnn1C1CCN(CC(C)CCC=C(C)C)CC1. The molecule has 1 N–H and O–H groups in total. The molecular formula is C25H36N4O2. The van der Waals surface area contributed by atoms with Crippen molar-refractivity contribution >= 4 is 11.7 Å². The monoisotopic (exact) mass is 424 g/mol. The lowest BCUT2D eigenvalue weighted by Gasteiger charge is -2.34. The second-order valence-electron chi connectivity index (χ2n) is 8.81. The average Bonchev–Trinajstić information content (AvgIpc) is 3.22. The summed E-state index contributed by atoms with van der Waals surface area (Å²) in [6.45, 7) is 9.97. The summed E-state index contributed by atoms with van der Waals surface area (Å²) < 4.78 is 7.29. The molecule has 1 aromatic carbocycles. The van der Waals surface area contributed by atoms with Gasteiger partial charge in [-0.2, -0.15) is 5.10 Å². The molecule has 0 saturated carbocycles. The molecule has 6 heteroatoms. The fourth-order valence-corrected chi connectivity index (χ4v) is 4.26. The predicted octanol–water partition coefficient (Wildman–Crippen LogP) is 5.16. The van der Waals surface area contributed by atoms with Crippen LogP contribution in [0.2, 0.25) is 0 Å². The standard InChI is InChI=1S/C25H36N4O2/c1-19(2)8-7-9-20(3)18-28-16-13-21(14-17-28)29-24(12-15-26-29)27-25(30)22-10-5-6-11-23(22)31-4/h5-6,8,10-12,15,20-21H,7,9,13-14,16-18H2,1-4H3,(H,27,30). The summed E-state index contributed by atoms with van der Waals surface area (Å²) in [5.41, 5.74) is 1.93. The van der Waals surface area contributed by atoms with Gasteiger partial charge in [-0.15, -0.1) is 0 Å². The van der Waals surface area contributed by atoms with Gasteiger partial charge in [-0.25, -0.2) is 4.68 Å². The number of amides is 1. The van der Waals surface area contributed by atoms with Crippen molar-refractivity contribution in [1.29, 1.82) is 0 Å². The first kappa shape index (κ1) is 23.1. The predicted molar refractivity (Wildman–Crippen MR) is 126 cm³/mol. The van der Waals surface area contributed by atoms with Gasteiger partial charge in [-0.1, -0.05) is 30.7 Å². The van der Waals surface area contributed by atoms with Gasteiger partial charge in [0.2, 0.25) is 0 Å². The van der Waals surface area contributed by atoms with E-state index in [1.165, 1.54) is 18.4 Å². The van der Waals surface area contributed by atoms with Gasteiger partial charge in [0, 0.05) is 25.7 Å². The highest BCUT2D eigenvalue weighted by atomic mass is 16.5. The van der Waals surface area contributed by atoms with E-state index in [9.17, 15) is 4.79 Å². The molecule has 0 aliphatic carbocycles. The zero-order valence-corrected chi connectivity index (χ0v) is 19.3. The molecule has 31 heavy (non-hydrogen) atoms. The number of hydrogen-bond acceptors (Lipinski definition) is 4. The van der Waals surface area contributed by atoms with E-state index in [0.717, 1.165) is 38.3 Å². The van der Waals surface area contributed by atoms with Gasteiger partial charge in [0.05, 0.1) is 24.9 Å². The summed E-state index contributed by atoms with van der Waals surface area (Å²) in [4.78, 5) is 15.4. The molecule has 1 unspecified atom stereocenters. The van der Waals surface area contributed by atoms with E-state index in [1.807, 2.05) is 22.9 Å². The fraction of sp³-hybridized carbons (Fsp3) is 0.520. The third-order valence-electron chi connectivity index (χ3n) is 5.95. The third kappa shape index (κ3) is 6.44. The lowest BCUT2D eigenvalue weighted by atomic mass is 10.0. The van der Waals surface area contributed by atoms with Crippen LogP contribution in [-0.4, -0.2) is 47.3 Å². The second-order valence-corrected chi connectivity index (χ2v) is 8.81. The molecule has 1 fully saturated rings. The van der Waals surface area contributed by atoms with Crippen molar-refractivity contribution in [3.63, 3.8) is 0 Å². The van der Waals surface area contributed by atoms with Crippen LogP contribution in [-0.2, 0) is 0 Å². The molecule has 1 aliphatic heterocycles. The van der Waals surface area contributed by atoms with E-state index in [-0.39, 0.29) is 5.91 Å². The maximum atomic E-state index is 12.8. The highest BCUT2D eigenvalue weighted by Crippen LogP contribution is 2.27. The van der Waals surface area contributed by atoms with Gasteiger partial charge in [0.25, 0.3) is 5.91 Å². The number of hydrogen-bond donors (Lipinski definition) is 1. The molecule has 1 saturated heterocycles. The van der Waals surface area contributed by atoms with Crippen LogP contribution < -0.4 is 10.1 Å². The molecule has 2 heterocycles. The van der Waals surface area contributed by atoms with Crippen molar-refractivity contribution in [2.24, 2.45) is 5.92 Å². The molecule has 3 rings (SSSR count). The molecule has 0 spiro atoms. The number of aromatic nitrogens is 2. The molecule has 168 valence electrons. The van der Waals surface area contributed by atoms with Crippen LogP contribution in [0, 0.1) is 5.92 Å². The smallest absolute Gasteiger partial charge is 0.260 e. The second kappa shape index (κ2) is 11.1. The van der Waals surface area contributed by atoms with Crippen LogP contribution in [0.3, 0.4) is 0 Å². The Morgan fingerprint density at radius 3 is 2.71 bits per heavy atom. The molecule has 1 aromatic heterocycles. The molecule has 0 bridgehead atoms. The number of benzene rings is 1. The van der Waals surface area contributed by atoms with Gasteiger partial charge in [0.1, 0.15) is 11.6 Å². The normalized spacial score (nSPS) is 16.0. The van der Waals surface area contributed by atoms with Crippen LogP contribution in [0.4, 0.5) is 5.82 Å². The van der Waals surface area contributed by atoms with Crippen molar-refractivity contribution < 1.29 is 9.53 Å². The van der Waals surface area contributed by atoms with Crippen LogP contribution >= 0.6 is 0 Å². The molecule has 1 atom stereocenters. The first-order valence-electron chi connectivity index (χ1n) is 11.3. The van der Waals surface area contributed by atoms with E-state index in [0.29, 0.717) is 23.3 Å². The van der Waals surface area contributed by atoms with Crippen molar-refractivity contribution in [3.05, 3.63) is 53.7 Å². The summed E-state index contributed by atoms with van der Waals surface area (Å²) in [5.74, 6) is 1.83. The quantitative estimate of drug-likeness (QED) is 0.565. The van der Waals surface area contributed by atoms with Crippen LogP contribution in [0.15, 0.2) is 48.2 Å². The van der Waals surface area contributed by atoms with Gasteiger partial charge in [0.15, 0.2) is 0 Å². The average molecular weight is 425 g/mol. The Labute approximate surface area is 186 Å². The van der Waals surface area contributed by atoms with Crippen molar-refractivity contribution in [2.75, 3.05) is 32.1 Å². The van der Waals surface area contributed by atoms with Gasteiger partial charge >= 0.3 is 0 Å². The zero-order chi connectivity index (χ0) is 22.2. The number of allylic oxidation sites excluding steroid dienone is 2. The first-order chi connectivity index (χ1) is 15.0. The Balaban J connectivity index is 1.54. The highest BCUT2D eigenvalue weighted by Gasteiger charge is 2.24. The number of rotatable bonds is 9. The summed E-state index contributed by atoms with van der Waals surface area (Å²) >= 11 is 0. The number of carbonyl (C=O) groups excluding carboxylic acids is 1. The number of carbonyl (C=O) groups is 1. The first-order valence-corrected chi connectivity index (χ1v) is 11.3. The molecule has 0 radical (unpaired) electrons. The van der Waals surface area contributed by atoms with Crippen LogP contribution in [0.25, 0.3) is 0 Å². The number of anilines is 1. The molecule has 1 aliphatic rings. The van der Waals surface area contributed by atoms with E-state index < -0.39 is 0 Å². The maximum absolute atomic E-state index is 12.8. The highest BCUT2D eigenvalue weighted by molar-refractivity contribution is 6.05. The number of nitrogens with zero attached hydrogens (tertiary/aromatic N) is 3. The molecule has 6 nitrogen and oxygen atoms in total. The Kier molecular flexibility index (Phi) is 8.29. The number of methoxy groups -OCH3 is 1. The zero-order valence-electron chi connectivity index (χ0n) is 19.3. The summed E-state index contributed by atoms with van der Waals surface area (Å²) in [6, 6.07) is 9.43. The minimum Gasteiger partial charge on any atom is -0.496 e. The van der Waals surface area contributed by atoms with Crippen molar-refractivity contribution in [3.8, 4) is 5.75 Å². The third-order valence-corrected chi connectivity index (χ3v) is 5.95. The summed E-state index contributed by atoms with van der Waals surface area (Å²) in [6.07, 6.45) is 8.59. The Morgan fingerprint density at radius 2 is 2.00 bits per heavy atom. The maximum Gasteiger partial charge on any atom is 0.260 e. The van der Waals surface area contributed by atoms with Gasteiger partial charge in [-0.05, 0) is 57.6 Å². The van der Waals surface area contributed by atoms with E-state index in [4.69, 9.17) is 4.74 Å². The summed E-state index contributed by atoms with van der Waals surface area (Å²) in [5, 5.41) is 7.53. The van der Waals surface area contributed by atoms with Crippen LogP contribution in [0.5, 0.6) is 5.75 Å². The number of piperidine rings is 1. The minimum absolute atomic E-state index is 0.179. The van der Waals surface area contributed by atoms with Crippen molar-refractivity contribution in [2.45, 2.75) is 52.5 Å². The Bertz CT molecular complexity index is 877. The fourth-order valence-electron chi connectivity index (χ4n) is 4.26. The van der Waals surface area contributed by atoms with Crippen molar-refractivity contribution in [1.82, 2.24) is 14.7 Å². The van der Waals surface area contributed by atoms with E-state index in [2.05, 4.69) is 42.2 Å². The molecule has 2 aromatic rings. The number of nitrogens with one attached hydrogen (secondary N) is 1. The lowest BCUT2D eigenvalue weighted by molar-refractivity contribution is 0.102. The van der Waals surface area contributed by atoms with E-state index >= 15 is 0 Å². The number of para-hydroxylation sites is 1. The molecule has 1 amide bonds. The summed E-state index contributed by atoms with van der Waals surface area (Å²) in [7, 11) is 1.58. The topological polar surface area (TPSA) is 59.4 Å². The Hall–Kier alpha value is -2.60. The minimum atomic E-state index is -0.179. The lowest BCUT2D eigenvalue weighted by Crippen LogP contribution is -2.37.